The number of carbonyl (C=O) groups is 1. The summed E-state index contributed by atoms with van der Waals surface area (Å²) in [5.74, 6) is -0.0140. The molecule has 0 rings (SSSR count). The van der Waals surface area contributed by atoms with Gasteiger partial charge in [0.25, 0.3) is 0 Å². The van der Waals surface area contributed by atoms with Gasteiger partial charge in [0, 0.05) is 19.6 Å². The molecule has 354 valence electrons. The molecule has 59 heavy (non-hydrogen) atoms. The van der Waals surface area contributed by atoms with Crippen LogP contribution in [0, 0.1) is 0 Å². The average molecular weight is 836 g/mol. The lowest BCUT2D eigenvalue weighted by molar-refractivity contribution is -0.144. The van der Waals surface area contributed by atoms with Crippen molar-refractivity contribution in [3.63, 3.8) is 0 Å². The van der Waals surface area contributed by atoms with Crippen LogP contribution in [0.4, 0.5) is 0 Å². The molecule has 0 saturated carbocycles. The molecule has 0 fully saturated rings. The molecule has 0 aromatic rings. The van der Waals surface area contributed by atoms with E-state index in [0.717, 1.165) is 58.5 Å². The highest BCUT2D eigenvalue weighted by molar-refractivity contribution is 5.69. The van der Waals surface area contributed by atoms with E-state index in [4.69, 9.17) is 4.74 Å². The van der Waals surface area contributed by atoms with Crippen LogP contribution in [0.5, 0.6) is 0 Å². The van der Waals surface area contributed by atoms with Crippen LogP contribution in [-0.2, 0) is 9.53 Å². The van der Waals surface area contributed by atoms with E-state index in [-0.39, 0.29) is 12.1 Å². The lowest BCUT2D eigenvalue weighted by atomic mass is 10.1. The monoisotopic (exact) mass is 836 g/mol. The van der Waals surface area contributed by atoms with Crippen LogP contribution >= 0.6 is 0 Å². The molecule has 0 aliphatic carbocycles. The first-order valence-electron chi connectivity index (χ1n) is 27.0. The van der Waals surface area contributed by atoms with E-state index in [1.807, 2.05) is 7.05 Å². The van der Waals surface area contributed by atoms with Crippen molar-refractivity contribution in [1.82, 2.24) is 15.1 Å². The number of carbonyl (C=O) groups excluding carboxylic acids is 1. The SMILES string of the molecule is CCCCCCCCCCCCCCOC(=O)CCN(CCCCCCCCCCCCCC)CCCCN(CCCCCCCCCCCCCC)CC(O)CNC. The van der Waals surface area contributed by atoms with Gasteiger partial charge >= 0.3 is 5.97 Å². The Labute approximate surface area is 371 Å². The summed E-state index contributed by atoms with van der Waals surface area (Å²) >= 11 is 0. The van der Waals surface area contributed by atoms with E-state index in [2.05, 4.69) is 35.9 Å². The summed E-state index contributed by atoms with van der Waals surface area (Å²) < 4.78 is 5.71. The van der Waals surface area contributed by atoms with Gasteiger partial charge in [0.2, 0.25) is 0 Å². The summed E-state index contributed by atoms with van der Waals surface area (Å²) in [6, 6.07) is 0. The van der Waals surface area contributed by atoms with Crippen LogP contribution in [0.15, 0.2) is 0 Å². The first-order chi connectivity index (χ1) is 29.1. The molecule has 0 radical (unpaired) electrons. The molecule has 6 heteroatoms. The lowest BCUT2D eigenvalue weighted by Gasteiger charge is -2.26. The van der Waals surface area contributed by atoms with Gasteiger partial charge in [0.1, 0.15) is 0 Å². The maximum Gasteiger partial charge on any atom is 0.307 e. The minimum atomic E-state index is -0.319. The molecule has 0 aromatic carbocycles. The Bertz CT molecular complexity index is 798. The molecule has 1 atom stereocenters. The molecule has 0 bridgehead atoms. The minimum absolute atomic E-state index is 0.0140. The van der Waals surface area contributed by atoms with Gasteiger partial charge in [-0.25, -0.2) is 0 Å². The van der Waals surface area contributed by atoms with Crippen LogP contribution in [0.25, 0.3) is 0 Å². The molecule has 0 aromatic heterocycles. The van der Waals surface area contributed by atoms with Crippen molar-refractivity contribution in [2.24, 2.45) is 0 Å². The number of nitrogens with zero attached hydrogens (tertiary/aromatic N) is 2. The zero-order chi connectivity index (χ0) is 43.0. The van der Waals surface area contributed by atoms with Gasteiger partial charge in [-0.3, -0.25) is 4.79 Å². The molecule has 0 saturated heterocycles. The van der Waals surface area contributed by atoms with Gasteiger partial charge in [-0.15, -0.1) is 0 Å². The minimum Gasteiger partial charge on any atom is -0.466 e. The van der Waals surface area contributed by atoms with Crippen molar-refractivity contribution in [2.45, 2.75) is 277 Å². The van der Waals surface area contributed by atoms with E-state index in [9.17, 15) is 9.90 Å². The molecular formula is C53H109N3O3. The number of likely N-dealkylation sites (N-methyl/N-ethyl adjacent to an activating group) is 1. The quantitative estimate of drug-likeness (QED) is 0.0470. The molecule has 6 nitrogen and oxygen atoms in total. The molecule has 0 aliphatic heterocycles. The van der Waals surface area contributed by atoms with E-state index in [1.165, 1.54) is 225 Å². The first-order valence-corrected chi connectivity index (χ1v) is 27.0. The summed E-state index contributed by atoms with van der Waals surface area (Å²) in [7, 11) is 1.93. The molecule has 0 aliphatic rings. The van der Waals surface area contributed by atoms with Crippen molar-refractivity contribution in [2.75, 3.05) is 59.5 Å². The van der Waals surface area contributed by atoms with E-state index >= 15 is 0 Å². The second kappa shape index (κ2) is 50.0. The summed E-state index contributed by atoms with van der Waals surface area (Å²) in [6.45, 7) is 14.0. The van der Waals surface area contributed by atoms with Crippen molar-refractivity contribution >= 4 is 5.97 Å². The number of rotatable bonds is 51. The number of nitrogens with one attached hydrogen (secondary N) is 1. The van der Waals surface area contributed by atoms with Gasteiger partial charge in [-0.2, -0.15) is 0 Å². The predicted molar refractivity (Wildman–Crippen MR) is 261 cm³/mol. The summed E-state index contributed by atoms with van der Waals surface area (Å²) in [4.78, 5) is 17.8. The highest BCUT2D eigenvalue weighted by Gasteiger charge is 2.13. The topological polar surface area (TPSA) is 65.0 Å². The summed E-state index contributed by atoms with van der Waals surface area (Å²) in [5, 5.41) is 13.8. The van der Waals surface area contributed by atoms with E-state index in [0.29, 0.717) is 19.6 Å². The van der Waals surface area contributed by atoms with Crippen LogP contribution < -0.4 is 5.32 Å². The number of hydrogen-bond acceptors (Lipinski definition) is 6. The summed E-state index contributed by atoms with van der Waals surface area (Å²) in [6.07, 6.45) is 51.3. The zero-order valence-corrected chi connectivity index (χ0v) is 41.0. The maximum absolute atomic E-state index is 12.8. The third kappa shape index (κ3) is 46.6. The van der Waals surface area contributed by atoms with E-state index < -0.39 is 0 Å². The van der Waals surface area contributed by atoms with Gasteiger partial charge < -0.3 is 25.0 Å². The number of aliphatic hydroxyl groups excluding tert-OH is 1. The highest BCUT2D eigenvalue weighted by atomic mass is 16.5. The highest BCUT2D eigenvalue weighted by Crippen LogP contribution is 2.16. The van der Waals surface area contributed by atoms with Crippen LogP contribution in [0.2, 0.25) is 0 Å². The van der Waals surface area contributed by atoms with Crippen molar-refractivity contribution < 1.29 is 14.6 Å². The largest absolute Gasteiger partial charge is 0.466 e. The average Bonchev–Trinajstić information content (AvgIpc) is 3.23. The van der Waals surface area contributed by atoms with Gasteiger partial charge in [0.05, 0.1) is 19.1 Å². The third-order valence-corrected chi connectivity index (χ3v) is 12.7. The fraction of sp³-hybridized carbons (Fsp3) is 0.981. The van der Waals surface area contributed by atoms with Crippen LogP contribution in [-0.4, -0.2) is 86.4 Å². The second-order valence-electron chi connectivity index (χ2n) is 18.7. The van der Waals surface area contributed by atoms with Gasteiger partial charge in [-0.05, 0) is 65.3 Å². The van der Waals surface area contributed by atoms with Crippen molar-refractivity contribution in [3.8, 4) is 0 Å². The van der Waals surface area contributed by atoms with Gasteiger partial charge in [-0.1, -0.05) is 233 Å². The molecular weight excluding hydrogens is 727 g/mol. The fourth-order valence-electron chi connectivity index (χ4n) is 8.70. The van der Waals surface area contributed by atoms with Crippen molar-refractivity contribution in [1.29, 1.82) is 0 Å². The second-order valence-corrected chi connectivity index (χ2v) is 18.7. The fourth-order valence-corrected chi connectivity index (χ4v) is 8.70. The molecule has 0 heterocycles. The summed E-state index contributed by atoms with van der Waals surface area (Å²) in [5.41, 5.74) is 0. The smallest absolute Gasteiger partial charge is 0.307 e. The Hall–Kier alpha value is -0.690. The normalized spacial score (nSPS) is 12.3. The number of aliphatic hydroxyl groups is 1. The Morgan fingerprint density at radius 1 is 0.424 bits per heavy atom. The molecule has 0 spiro atoms. The maximum atomic E-state index is 12.8. The Kier molecular flexibility index (Phi) is 49.4. The number of esters is 1. The first kappa shape index (κ1) is 58.3. The Morgan fingerprint density at radius 2 is 0.712 bits per heavy atom. The van der Waals surface area contributed by atoms with Gasteiger partial charge in [0.15, 0.2) is 0 Å². The predicted octanol–water partition coefficient (Wildman–Crippen LogP) is 15.0. The standard InChI is InChI=1S/C53H109N3O3/c1-5-8-11-14-17-20-23-26-29-32-35-38-44-55(48-43-53(58)59-49-42-37-34-31-28-25-22-19-16-13-10-7-3)45-40-41-47-56(51-52(57)50-54-4)46-39-36-33-30-27-24-21-18-15-12-9-6-2/h52,54,57H,5-51H2,1-4H3. The van der Waals surface area contributed by atoms with Crippen LogP contribution in [0.3, 0.4) is 0 Å². The van der Waals surface area contributed by atoms with Crippen molar-refractivity contribution in [3.05, 3.63) is 0 Å². The molecule has 1 unspecified atom stereocenters. The van der Waals surface area contributed by atoms with E-state index in [1.54, 1.807) is 0 Å². The molecule has 2 N–H and O–H groups in total. The third-order valence-electron chi connectivity index (χ3n) is 12.7. The zero-order valence-electron chi connectivity index (χ0n) is 41.0. The Balaban J connectivity index is 4.55. The van der Waals surface area contributed by atoms with Crippen LogP contribution in [0.1, 0.15) is 271 Å². The number of unbranched alkanes of at least 4 members (excludes halogenated alkanes) is 34. The lowest BCUT2D eigenvalue weighted by Crippen LogP contribution is -2.38. The molecule has 0 amide bonds. The number of hydrogen-bond donors (Lipinski definition) is 2. The Morgan fingerprint density at radius 3 is 1.05 bits per heavy atom. The number of ether oxygens (including phenoxy) is 1.